The van der Waals surface area contributed by atoms with Crippen LogP contribution < -0.4 is 0 Å². The number of amides is 1. The number of hydrogen-bond acceptors (Lipinski definition) is 3. The van der Waals surface area contributed by atoms with E-state index in [4.69, 9.17) is 5.11 Å². The zero-order valence-corrected chi connectivity index (χ0v) is 7.63. The van der Waals surface area contributed by atoms with Gasteiger partial charge in [0.25, 0.3) is 5.91 Å². The van der Waals surface area contributed by atoms with Gasteiger partial charge in [0.15, 0.2) is 11.9 Å². The molecule has 1 N–H and O–H groups in total. The molecule has 0 aromatic rings. The smallest absolute Gasteiger partial charge is 0.376 e. The largest absolute Gasteiger partial charge is 0.406 e. The molecule has 7 heteroatoms. The van der Waals surface area contributed by atoms with Crippen LogP contribution in [0.5, 0.6) is 0 Å². The molecule has 1 amide bonds. The topological polar surface area (TPSA) is 57.6 Å². The van der Waals surface area contributed by atoms with Crippen molar-refractivity contribution >= 4 is 11.7 Å². The SMILES string of the molecule is CC(=O)C(O)C(=O)N(C)CC(F)(F)F. The molecule has 0 rings (SSSR count). The van der Waals surface area contributed by atoms with Crippen LogP contribution in [-0.2, 0) is 9.59 Å². The molecular weight excluding hydrogens is 203 g/mol. The number of halogens is 3. The Morgan fingerprint density at radius 3 is 2.14 bits per heavy atom. The second kappa shape index (κ2) is 4.41. The Bertz CT molecular complexity index is 239. The maximum atomic E-state index is 11.8. The molecule has 0 heterocycles. The van der Waals surface area contributed by atoms with Gasteiger partial charge in [0.1, 0.15) is 6.54 Å². The first-order valence-corrected chi connectivity index (χ1v) is 3.65. The highest BCUT2D eigenvalue weighted by atomic mass is 19.4. The summed E-state index contributed by atoms with van der Waals surface area (Å²) in [7, 11) is 0.863. The molecule has 1 atom stereocenters. The number of carbonyl (C=O) groups is 2. The molecule has 0 aliphatic rings. The van der Waals surface area contributed by atoms with Crippen molar-refractivity contribution in [2.24, 2.45) is 0 Å². The fourth-order valence-electron chi connectivity index (χ4n) is 0.729. The van der Waals surface area contributed by atoms with E-state index >= 15 is 0 Å². The van der Waals surface area contributed by atoms with E-state index in [-0.39, 0.29) is 4.90 Å². The van der Waals surface area contributed by atoms with Gasteiger partial charge in [-0.05, 0) is 6.92 Å². The Balaban J connectivity index is 4.33. The fourth-order valence-corrected chi connectivity index (χ4v) is 0.729. The number of rotatable bonds is 3. The van der Waals surface area contributed by atoms with Gasteiger partial charge in [-0.3, -0.25) is 9.59 Å². The lowest BCUT2D eigenvalue weighted by atomic mass is 10.2. The van der Waals surface area contributed by atoms with Gasteiger partial charge in [-0.25, -0.2) is 0 Å². The van der Waals surface area contributed by atoms with E-state index in [1.54, 1.807) is 0 Å². The van der Waals surface area contributed by atoms with Crippen molar-refractivity contribution < 1.29 is 27.9 Å². The van der Waals surface area contributed by atoms with Crippen LogP contribution in [0.1, 0.15) is 6.92 Å². The number of hydrogen-bond donors (Lipinski definition) is 1. The predicted molar refractivity (Wildman–Crippen MR) is 40.4 cm³/mol. The third-order valence-corrected chi connectivity index (χ3v) is 1.41. The number of alkyl halides is 3. The molecule has 0 saturated carbocycles. The normalized spacial score (nSPS) is 13.6. The van der Waals surface area contributed by atoms with Crippen molar-refractivity contribution in [1.82, 2.24) is 4.90 Å². The molecule has 14 heavy (non-hydrogen) atoms. The molecule has 4 nitrogen and oxygen atoms in total. The van der Waals surface area contributed by atoms with Crippen LogP contribution in [0.4, 0.5) is 13.2 Å². The molecule has 1 unspecified atom stereocenters. The van der Waals surface area contributed by atoms with Crippen molar-refractivity contribution in [2.75, 3.05) is 13.6 Å². The minimum Gasteiger partial charge on any atom is -0.376 e. The van der Waals surface area contributed by atoms with Crippen LogP contribution in [-0.4, -0.2) is 47.6 Å². The number of Topliss-reactive ketones (excluding diaryl/α,β-unsaturated/α-hetero) is 1. The molecule has 0 aromatic heterocycles. The van der Waals surface area contributed by atoms with Gasteiger partial charge in [-0.1, -0.05) is 0 Å². The number of likely N-dealkylation sites (N-methyl/N-ethyl adjacent to an activating group) is 1. The predicted octanol–water partition coefficient (Wildman–Crippen LogP) is -0.0430. The van der Waals surface area contributed by atoms with Gasteiger partial charge in [0, 0.05) is 7.05 Å². The Kier molecular flexibility index (Phi) is 4.06. The van der Waals surface area contributed by atoms with Crippen LogP contribution in [0.3, 0.4) is 0 Å². The summed E-state index contributed by atoms with van der Waals surface area (Å²) in [5, 5.41) is 8.85. The quantitative estimate of drug-likeness (QED) is 0.669. The molecule has 0 spiro atoms. The number of nitrogens with zero attached hydrogens (tertiary/aromatic N) is 1. The van der Waals surface area contributed by atoms with Crippen molar-refractivity contribution in [3.05, 3.63) is 0 Å². The van der Waals surface area contributed by atoms with E-state index < -0.39 is 30.5 Å². The second-order valence-electron chi connectivity index (χ2n) is 2.82. The third-order valence-electron chi connectivity index (χ3n) is 1.41. The molecule has 0 fully saturated rings. The van der Waals surface area contributed by atoms with E-state index in [1.165, 1.54) is 0 Å². The van der Waals surface area contributed by atoms with Gasteiger partial charge in [-0.15, -0.1) is 0 Å². The summed E-state index contributed by atoms with van der Waals surface area (Å²) in [6, 6.07) is 0. The summed E-state index contributed by atoms with van der Waals surface area (Å²) >= 11 is 0. The molecule has 0 aliphatic carbocycles. The van der Waals surface area contributed by atoms with Crippen molar-refractivity contribution in [2.45, 2.75) is 19.2 Å². The van der Waals surface area contributed by atoms with Gasteiger partial charge in [0.05, 0.1) is 0 Å². The lowest BCUT2D eigenvalue weighted by Crippen LogP contribution is -2.44. The number of aliphatic hydroxyl groups excluding tert-OH is 1. The summed E-state index contributed by atoms with van der Waals surface area (Å²) in [6.45, 7) is -0.569. The highest BCUT2D eigenvalue weighted by Crippen LogP contribution is 2.15. The minimum absolute atomic E-state index is 0.256. The minimum atomic E-state index is -4.54. The molecule has 0 aromatic carbocycles. The number of aliphatic hydroxyl groups is 1. The van der Waals surface area contributed by atoms with Gasteiger partial charge in [-0.2, -0.15) is 13.2 Å². The first-order chi connectivity index (χ1) is 6.15. The zero-order valence-electron chi connectivity index (χ0n) is 7.63. The molecule has 0 aliphatic heterocycles. The van der Waals surface area contributed by atoms with E-state index in [2.05, 4.69) is 0 Å². The summed E-state index contributed by atoms with van der Waals surface area (Å²) in [6.07, 6.45) is -6.55. The maximum Gasteiger partial charge on any atom is 0.406 e. The van der Waals surface area contributed by atoms with E-state index in [1.807, 2.05) is 0 Å². The summed E-state index contributed by atoms with van der Waals surface area (Å²) in [5.74, 6) is -2.14. The van der Waals surface area contributed by atoms with Crippen LogP contribution >= 0.6 is 0 Å². The van der Waals surface area contributed by atoms with Crippen molar-refractivity contribution in [3.63, 3.8) is 0 Å². The Hall–Kier alpha value is -1.11. The monoisotopic (exact) mass is 213 g/mol. The Labute approximate surface area is 78.3 Å². The van der Waals surface area contributed by atoms with Crippen LogP contribution in [0, 0.1) is 0 Å². The van der Waals surface area contributed by atoms with Gasteiger partial charge >= 0.3 is 6.18 Å². The summed E-state index contributed by atoms with van der Waals surface area (Å²) < 4.78 is 35.3. The summed E-state index contributed by atoms with van der Waals surface area (Å²) in [5.41, 5.74) is 0. The van der Waals surface area contributed by atoms with E-state index in [9.17, 15) is 22.8 Å². The molecule has 0 bridgehead atoms. The van der Waals surface area contributed by atoms with Gasteiger partial charge < -0.3 is 10.0 Å². The summed E-state index contributed by atoms with van der Waals surface area (Å²) in [4.78, 5) is 21.6. The standard InChI is InChI=1S/C7H10F3NO3/c1-4(12)5(13)6(14)11(2)3-7(8,9)10/h5,13H,3H2,1-2H3. The van der Waals surface area contributed by atoms with Crippen LogP contribution in [0.15, 0.2) is 0 Å². The first-order valence-electron chi connectivity index (χ1n) is 3.65. The van der Waals surface area contributed by atoms with E-state index in [0.29, 0.717) is 0 Å². The average molecular weight is 213 g/mol. The third kappa shape index (κ3) is 4.22. The average Bonchev–Trinajstić information content (AvgIpc) is 1.98. The fraction of sp³-hybridized carbons (Fsp3) is 0.714. The zero-order chi connectivity index (χ0) is 11.5. The second-order valence-corrected chi connectivity index (χ2v) is 2.82. The number of ketones is 1. The van der Waals surface area contributed by atoms with Crippen LogP contribution in [0.25, 0.3) is 0 Å². The maximum absolute atomic E-state index is 11.8. The molecular formula is C7H10F3NO3. The number of carbonyl (C=O) groups excluding carboxylic acids is 2. The van der Waals surface area contributed by atoms with Crippen LogP contribution in [0.2, 0.25) is 0 Å². The Morgan fingerprint density at radius 2 is 1.86 bits per heavy atom. The van der Waals surface area contributed by atoms with Gasteiger partial charge in [0.2, 0.25) is 0 Å². The van der Waals surface area contributed by atoms with E-state index in [0.717, 1.165) is 14.0 Å². The molecule has 82 valence electrons. The molecule has 0 radical (unpaired) electrons. The van der Waals surface area contributed by atoms with Crippen molar-refractivity contribution in [1.29, 1.82) is 0 Å². The highest BCUT2D eigenvalue weighted by Gasteiger charge is 2.34. The Morgan fingerprint density at radius 1 is 1.43 bits per heavy atom. The van der Waals surface area contributed by atoms with Crippen molar-refractivity contribution in [3.8, 4) is 0 Å². The lowest BCUT2D eigenvalue weighted by Gasteiger charge is -2.20. The lowest BCUT2D eigenvalue weighted by molar-refractivity contribution is -0.165. The highest BCUT2D eigenvalue weighted by molar-refractivity contribution is 6.02. The molecule has 0 saturated heterocycles. The first kappa shape index (κ1) is 12.9.